The van der Waals surface area contributed by atoms with E-state index in [9.17, 15) is 4.79 Å². The second kappa shape index (κ2) is 10.2. The summed E-state index contributed by atoms with van der Waals surface area (Å²) in [5, 5.41) is 3.55. The average Bonchev–Trinajstić information content (AvgIpc) is 3.19. The van der Waals surface area contributed by atoms with E-state index in [0.29, 0.717) is 28.8 Å². The molecule has 8 nitrogen and oxygen atoms in total. The third-order valence-electron chi connectivity index (χ3n) is 6.32. The zero-order chi connectivity index (χ0) is 25.2. The second-order valence-corrected chi connectivity index (χ2v) is 9.31. The Balaban J connectivity index is 1.63. The van der Waals surface area contributed by atoms with E-state index in [1.54, 1.807) is 12.1 Å². The zero-order valence-corrected chi connectivity index (χ0v) is 20.9. The standard InChI is InChI=1S/C27H29ClN6O2/c1-3-30-25(35)15-23-27-33-32-16(2)34(27)24-13-12-21(36-20-10-8-19(29)9-11-20)14-22(24)26(31-23)17-4-6-18(28)7-5-17/h4-14,16,23,27,32-33H,3,15,29H2,1-2H3,(H,30,35). The van der Waals surface area contributed by atoms with E-state index >= 15 is 0 Å². The number of hydrogen-bond acceptors (Lipinski definition) is 7. The summed E-state index contributed by atoms with van der Waals surface area (Å²) in [5.74, 6) is 1.32. The number of aliphatic imine (C=N–C) groups is 1. The Morgan fingerprint density at radius 3 is 2.53 bits per heavy atom. The van der Waals surface area contributed by atoms with E-state index in [2.05, 4.69) is 28.0 Å². The molecule has 0 spiro atoms. The summed E-state index contributed by atoms with van der Waals surface area (Å²) in [6, 6.07) is 20.5. The van der Waals surface area contributed by atoms with Crippen molar-refractivity contribution in [1.82, 2.24) is 16.2 Å². The number of anilines is 2. The van der Waals surface area contributed by atoms with Crippen LogP contribution in [0.25, 0.3) is 0 Å². The predicted octanol–water partition coefficient (Wildman–Crippen LogP) is 4.05. The maximum Gasteiger partial charge on any atom is 0.222 e. The van der Waals surface area contributed by atoms with Crippen molar-refractivity contribution in [3.63, 3.8) is 0 Å². The number of nitrogens with zero attached hydrogens (tertiary/aromatic N) is 2. The maximum absolute atomic E-state index is 12.6. The summed E-state index contributed by atoms with van der Waals surface area (Å²) in [5.41, 5.74) is 16.7. The molecular weight excluding hydrogens is 476 g/mol. The lowest BCUT2D eigenvalue weighted by Gasteiger charge is -2.31. The van der Waals surface area contributed by atoms with E-state index in [-0.39, 0.29) is 30.7 Å². The number of fused-ring (bicyclic) bond motifs is 3. The molecule has 3 aromatic rings. The van der Waals surface area contributed by atoms with Crippen LogP contribution in [0.4, 0.5) is 11.4 Å². The number of carbonyl (C=O) groups excluding carboxylic acids is 1. The van der Waals surface area contributed by atoms with Crippen LogP contribution in [0.1, 0.15) is 31.4 Å². The minimum atomic E-state index is -0.339. The number of hydrogen-bond donors (Lipinski definition) is 4. The molecule has 3 atom stereocenters. The normalized spacial score (nSPS) is 20.7. The molecule has 2 aliphatic rings. The Hall–Kier alpha value is -3.59. The quantitative estimate of drug-likeness (QED) is 0.378. The van der Waals surface area contributed by atoms with Crippen molar-refractivity contribution in [3.05, 3.63) is 82.9 Å². The first kappa shape index (κ1) is 24.1. The van der Waals surface area contributed by atoms with Crippen molar-refractivity contribution in [1.29, 1.82) is 0 Å². The fourth-order valence-electron chi connectivity index (χ4n) is 4.65. The minimum absolute atomic E-state index is 0.0193. The van der Waals surface area contributed by atoms with E-state index < -0.39 is 0 Å². The van der Waals surface area contributed by atoms with Crippen LogP contribution in [0.3, 0.4) is 0 Å². The Kier molecular flexibility index (Phi) is 6.82. The van der Waals surface area contributed by atoms with Crippen molar-refractivity contribution < 1.29 is 9.53 Å². The Labute approximate surface area is 215 Å². The summed E-state index contributed by atoms with van der Waals surface area (Å²) < 4.78 is 6.16. The van der Waals surface area contributed by atoms with Crippen LogP contribution in [0.2, 0.25) is 5.02 Å². The second-order valence-electron chi connectivity index (χ2n) is 8.88. The molecule has 36 heavy (non-hydrogen) atoms. The van der Waals surface area contributed by atoms with Gasteiger partial charge in [0, 0.05) is 34.1 Å². The van der Waals surface area contributed by atoms with E-state index in [4.69, 9.17) is 27.1 Å². The number of nitrogens with two attached hydrogens (primary N) is 1. The summed E-state index contributed by atoms with van der Waals surface area (Å²) in [6.45, 7) is 4.56. The Morgan fingerprint density at radius 1 is 1.08 bits per heavy atom. The molecule has 5 N–H and O–H groups in total. The molecule has 0 radical (unpaired) electrons. The summed E-state index contributed by atoms with van der Waals surface area (Å²) in [6.07, 6.45) is 0.0140. The molecule has 1 saturated heterocycles. The van der Waals surface area contributed by atoms with E-state index in [1.165, 1.54) is 0 Å². The van der Waals surface area contributed by atoms with Gasteiger partial charge in [0.1, 0.15) is 17.7 Å². The van der Waals surface area contributed by atoms with Crippen molar-refractivity contribution in [2.75, 3.05) is 17.2 Å². The molecule has 3 aromatic carbocycles. The van der Waals surface area contributed by atoms with E-state index in [1.807, 2.05) is 61.5 Å². The van der Waals surface area contributed by atoms with Gasteiger partial charge in [0.2, 0.25) is 5.91 Å². The van der Waals surface area contributed by atoms with Crippen molar-refractivity contribution in [2.45, 2.75) is 38.6 Å². The van der Waals surface area contributed by atoms with Gasteiger partial charge < -0.3 is 20.7 Å². The van der Waals surface area contributed by atoms with Crippen LogP contribution in [0.5, 0.6) is 11.5 Å². The van der Waals surface area contributed by atoms with Gasteiger partial charge in [0.05, 0.1) is 24.3 Å². The van der Waals surface area contributed by atoms with Gasteiger partial charge in [-0.2, -0.15) is 0 Å². The third-order valence-corrected chi connectivity index (χ3v) is 6.57. The molecule has 0 aliphatic carbocycles. The van der Waals surface area contributed by atoms with Crippen molar-refractivity contribution in [3.8, 4) is 11.5 Å². The summed E-state index contributed by atoms with van der Waals surface area (Å²) in [7, 11) is 0. The number of hydrazine groups is 1. The highest BCUT2D eigenvalue weighted by Gasteiger charge is 2.40. The summed E-state index contributed by atoms with van der Waals surface area (Å²) in [4.78, 5) is 20.0. The van der Waals surface area contributed by atoms with E-state index in [0.717, 1.165) is 22.5 Å². The first-order valence-corrected chi connectivity index (χ1v) is 12.4. The van der Waals surface area contributed by atoms with Crippen molar-refractivity contribution in [2.24, 2.45) is 4.99 Å². The number of rotatable bonds is 6. The molecule has 1 fully saturated rings. The number of ether oxygens (including phenoxy) is 1. The van der Waals surface area contributed by atoms with Crippen LogP contribution in [-0.4, -0.2) is 36.5 Å². The molecule has 186 valence electrons. The number of carbonyl (C=O) groups is 1. The fraction of sp³-hybridized carbons (Fsp3) is 0.259. The number of nitrogens with one attached hydrogen (secondary N) is 3. The minimum Gasteiger partial charge on any atom is -0.457 e. The summed E-state index contributed by atoms with van der Waals surface area (Å²) >= 11 is 6.19. The first-order chi connectivity index (χ1) is 17.4. The van der Waals surface area contributed by atoms with Gasteiger partial charge in [-0.1, -0.05) is 23.7 Å². The van der Waals surface area contributed by atoms with Crippen LogP contribution in [-0.2, 0) is 4.79 Å². The zero-order valence-electron chi connectivity index (χ0n) is 20.2. The highest BCUT2D eigenvalue weighted by Crippen LogP contribution is 2.37. The van der Waals surface area contributed by atoms with Gasteiger partial charge >= 0.3 is 0 Å². The largest absolute Gasteiger partial charge is 0.457 e. The molecule has 1 amide bonds. The molecular formula is C27H29ClN6O2. The van der Waals surface area contributed by atoms with Crippen LogP contribution < -0.4 is 31.5 Å². The predicted molar refractivity (Wildman–Crippen MR) is 144 cm³/mol. The molecule has 0 bridgehead atoms. The van der Waals surface area contributed by atoms with Crippen LogP contribution in [0.15, 0.2) is 71.7 Å². The van der Waals surface area contributed by atoms with Gasteiger partial charge in [-0.05, 0) is 68.4 Å². The van der Waals surface area contributed by atoms with Gasteiger partial charge in [-0.15, -0.1) is 0 Å². The molecule has 2 heterocycles. The van der Waals surface area contributed by atoms with Gasteiger partial charge in [-0.25, -0.2) is 10.9 Å². The number of halogens is 1. The molecule has 5 rings (SSSR count). The van der Waals surface area contributed by atoms with Gasteiger partial charge in [0.25, 0.3) is 0 Å². The average molecular weight is 505 g/mol. The topological polar surface area (TPSA) is 104 Å². The SMILES string of the molecule is CCNC(=O)CC1N=C(c2ccc(Cl)cc2)c2cc(Oc3ccc(N)cc3)ccc2N2C(C)NNC12. The van der Waals surface area contributed by atoms with Crippen LogP contribution >= 0.6 is 11.6 Å². The third kappa shape index (κ3) is 4.88. The Bertz CT molecular complexity index is 1280. The monoisotopic (exact) mass is 504 g/mol. The number of benzene rings is 3. The molecule has 0 aromatic heterocycles. The van der Waals surface area contributed by atoms with Crippen LogP contribution in [0, 0.1) is 0 Å². The van der Waals surface area contributed by atoms with Gasteiger partial charge in [0.15, 0.2) is 0 Å². The molecule has 0 saturated carbocycles. The smallest absolute Gasteiger partial charge is 0.222 e. The molecule has 3 unspecified atom stereocenters. The molecule has 2 aliphatic heterocycles. The maximum atomic E-state index is 12.6. The Morgan fingerprint density at radius 2 is 1.81 bits per heavy atom. The number of nitrogen functional groups attached to an aromatic ring is 1. The molecule has 9 heteroatoms. The fourth-order valence-corrected chi connectivity index (χ4v) is 4.78. The first-order valence-electron chi connectivity index (χ1n) is 12.0. The van der Waals surface area contributed by atoms with Gasteiger partial charge in [-0.3, -0.25) is 9.79 Å². The van der Waals surface area contributed by atoms with Crippen molar-refractivity contribution >= 4 is 34.6 Å². The highest BCUT2D eigenvalue weighted by atomic mass is 35.5. The highest BCUT2D eigenvalue weighted by molar-refractivity contribution is 6.30. The lowest BCUT2D eigenvalue weighted by atomic mass is 9.99. The number of amides is 1. The lowest BCUT2D eigenvalue weighted by Crippen LogP contribution is -2.47. The lowest BCUT2D eigenvalue weighted by molar-refractivity contribution is -0.121.